The number of para-hydroxylation sites is 1. The van der Waals surface area contributed by atoms with E-state index in [9.17, 15) is 4.79 Å². The molecule has 0 spiro atoms. The van der Waals surface area contributed by atoms with Crippen molar-refractivity contribution in [1.29, 1.82) is 0 Å². The summed E-state index contributed by atoms with van der Waals surface area (Å²) in [5.41, 5.74) is 1.01. The molecule has 6 nitrogen and oxygen atoms in total. The lowest BCUT2D eigenvalue weighted by molar-refractivity contribution is 0.0593. The molecular formula is C15H11N3O3. The highest BCUT2D eigenvalue weighted by molar-refractivity contribution is 5.86. The average Bonchev–Trinajstić information content (AvgIpc) is 2.55. The minimum atomic E-state index is -0.540. The summed E-state index contributed by atoms with van der Waals surface area (Å²) in [7, 11) is 1.29. The number of pyridine rings is 1. The van der Waals surface area contributed by atoms with Crippen molar-refractivity contribution in [3.05, 3.63) is 54.6 Å². The summed E-state index contributed by atoms with van der Waals surface area (Å²) >= 11 is 0. The Morgan fingerprint density at radius 2 is 1.90 bits per heavy atom. The molecule has 0 N–H and O–H groups in total. The Hall–Kier alpha value is -3.02. The summed E-state index contributed by atoms with van der Waals surface area (Å²) in [6, 6.07) is 9.58. The first kappa shape index (κ1) is 13.0. The first-order chi connectivity index (χ1) is 10.3. The lowest BCUT2D eigenvalue weighted by atomic mass is 10.2. The van der Waals surface area contributed by atoms with Gasteiger partial charge in [-0.3, -0.25) is 4.98 Å². The number of esters is 1. The van der Waals surface area contributed by atoms with Crippen LogP contribution in [0.15, 0.2) is 48.9 Å². The van der Waals surface area contributed by atoms with Crippen molar-refractivity contribution in [3.63, 3.8) is 0 Å². The van der Waals surface area contributed by atoms with Gasteiger partial charge in [0.15, 0.2) is 5.69 Å². The highest BCUT2D eigenvalue weighted by Gasteiger charge is 2.08. The molecule has 3 aromatic rings. The fourth-order valence-corrected chi connectivity index (χ4v) is 1.81. The summed E-state index contributed by atoms with van der Waals surface area (Å²) in [5.74, 6) is 0.287. The second-order valence-corrected chi connectivity index (χ2v) is 4.20. The van der Waals surface area contributed by atoms with Crippen LogP contribution < -0.4 is 4.74 Å². The van der Waals surface area contributed by atoms with E-state index in [1.165, 1.54) is 19.5 Å². The standard InChI is InChI=1S/C15H11N3O3/c1-20-15(19)13-8-18-14(9-17-13)21-11-6-10-4-2-3-5-12(10)16-7-11/h2-9H,1H3. The molecule has 0 unspecified atom stereocenters. The number of ether oxygens (including phenoxy) is 2. The Kier molecular flexibility index (Phi) is 3.42. The number of fused-ring (bicyclic) bond motifs is 1. The maximum absolute atomic E-state index is 11.3. The lowest BCUT2D eigenvalue weighted by Gasteiger charge is -2.05. The third kappa shape index (κ3) is 2.79. The molecule has 2 aromatic heterocycles. The van der Waals surface area contributed by atoms with Gasteiger partial charge in [0.05, 0.1) is 31.2 Å². The van der Waals surface area contributed by atoms with E-state index in [1.54, 1.807) is 6.20 Å². The van der Waals surface area contributed by atoms with E-state index in [0.717, 1.165) is 10.9 Å². The summed E-state index contributed by atoms with van der Waals surface area (Å²) in [5, 5.41) is 0.967. The summed E-state index contributed by atoms with van der Waals surface area (Å²) in [6.45, 7) is 0. The molecule has 0 atom stereocenters. The molecule has 0 saturated carbocycles. The van der Waals surface area contributed by atoms with Crippen LogP contribution >= 0.6 is 0 Å². The Morgan fingerprint density at radius 3 is 2.67 bits per heavy atom. The molecular weight excluding hydrogens is 270 g/mol. The van der Waals surface area contributed by atoms with E-state index < -0.39 is 5.97 Å². The van der Waals surface area contributed by atoms with Crippen LogP contribution in [0.25, 0.3) is 10.9 Å². The van der Waals surface area contributed by atoms with E-state index >= 15 is 0 Å². The average molecular weight is 281 g/mol. The molecule has 0 aliphatic rings. The van der Waals surface area contributed by atoms with Crippen LogP contribution in [0.1, 0.15) is 10.5 Å². The van der Waals surface area contributed by atoms with Gasteiger partial charge in [0.1, 0.15) is 5.75 Å². The molecule has 1 aromatic carbocycles. The molecule has 0 aliphatic heterocycles. The highest BCUT2D eigenvalue weighted by Crippen LogP contribution is 2.22. The van der Waals surface area contributed by atoms with Gasteiger partial charge in [0, 0.05) is 5.39 Å². The van der Waals surface area contributed by atoms with Crippen molar-refractivity contribution >= 4 is 16.9 Å². The summed E-state index contributed by atoms with van der Waals surface area (Å²) < 4.78 is 10.1. The van der Waals surface area contributed by atoms with Crippen molar-refractivity contribution in [3.8, 4) is 11.6 Å². The monoisotopic (exact) mass is 281 g/mol. The van der Waals surface area contributed by atoms with Crippen molar-refractivity contribution in [2.24, 2.45) is 0 Å². The fraction of sp³-hybridized carbons (Fsp3) is 0.0667. The number of benzene rings is 1. The zero-order valence-corrected chi connectivity index (χ0v) is 11.2. The van der Waals surface area contributed by atoms with Gasteiger partial charge in [-0.05, 0) is 12.1 Å². The van der Waals surface area contributed by atoms with Crippen LogP contribution in [0.5, 0.6) is 11.6 Å². The van der Waals surface area contributed by atoms with Gasteiger partial charge in [0.2, 0.25) is 5.88 Å². The number of methoxy groups -OCH3 is 1. The minimum absolute atomic E-state index is 0.126. The van der Waals surface area contributed by atoms with Crippen molar-refractivity contribution in [2.45, 2.75) is 0 Å². The van der Waals surface area contributed by atoms with E-state index in [1.807, 2.05) is 30.3 Å². The second-order valence-electron chi connectivity index (χ2n) is 4.20. The van der Waals surface area contributed by atoms with Gasteiger partial charge in [-0.1, -0.05) is 18.2 Å². The molecule has 0 amide bonds. The van der Waals surface area contributed by atoms with Crippen LogP contribution in [0.4, 0.5) is 0 Å². The molecule has 21 heavy (non-hydrogen) atoms. The smallest absolute Gasteiger partial charge is 0.358 e. The third-order valence-corrected chi connectivity index (χ3v) is 2.81. The number of carbonyl (C=O) groups is 1. The predicted octanol–water partition coefficient (Wildman–Crippen LogP) is 2.60. The number of hydrogen-bond acceptors (Lipinski definition) is 6. The molecule has 2 heterocycles. The molecule has 0 saturated heterocycles. The first-order valence-corrected chi connectivity index (χ1v) is 6.19. The summed E-state index contributed by atoms with van der Waals surface area (Å²) in [4.78, 5) is 23.5. The second kappa shape index (κ2) is 5.54. The fourth-order valence-electron chi connectivity index (χ4n) is 1.81. The molecule has 0 radical (unpaired) electrons. The number of nitrogens with zero attached hydrogens (tertiary/aromatic N) is 3. The Balaban J connectivity index is 1.83. The number of carbonyl (C=O) groups excluding carboxylic acids is 1. The first-order valence-electron chi connectivity index (χ1n) is 6.19. The number of rotatable bonds is 3. The van der Waals surface area contributed by atoms with Gasteiger partial charge < -0.3 is 9.47 Å². The predicted molar refractivity (Wildman–Crippen MR) is 75.2 cm³/mol. The molecule has 0 bridgehead atoms. The van der Waals surface area contributed by atoms with Crippen LogP contribution in [0, 0.1) is 0 Å². The molecule has 6 heteroatoms. The third-order valence-electron chi connectivity index (χ3n) is 2.81. The van der Waals surface area contributed by atoms with E-state index in [2.05, 4.69) is 19.7 Å². The molecule has 0 fully saturated rings. The number of hydrogen-bond donors (Lipinski definition) is 0. The lowest BCUT2D eigenvalue weighted by Crippen LogP contribution is -2.04. The largest absolute Gasteiger partial charge is 0.464 e. The Morgan fingerprint density at radius 1 is 1.05 bits per heavy atom. The Bertz CT molecular complexity index is 788. The van der Waals surface area contributed by atoms with Crippen molar-refractivity contribution in [2.75, 3.05) is 7.11 Å². The van der Waals surface area contributed by atoms with Gasteiger partial charge in [-0.15, -0.1) is 0 Å². The quantitative estimate of drug-likeness (QED) is 0.687. The zero-order valence-electron chi connectivity index (χ0n) is 11.2. The maximum atomic E-state index is 11.3. The SMILES string of the molecule is COC(=O)c1cnc(Oc2cnc3ccccc3c2)cn1. The highest BCUT2D eigenvalue weighted by atomic mass is 16.5. The minimum Gasteiger partial charge on any atom is -0.464 e. The molecule has 0 aliphatic carbocycles. The van der Waals surface area contributed by atoms with Gasteiger partial charge >= 0.3 is 5.97 Å². The van der Waals surface area contributed by atoms with Gasteiger partial charge in [-0.2, -0.15) is 0 Å². The van der Waals surface area contributed by atoms with Gasteiger partial charge in [-0.25, -0.2) is 14.8 Å². The number of aromatic nitrogens is 3. The summed E-state index contributed by atoms with van der Waals surface area (Å²) in [6.07, 6.45) is 4.27. The Labute approximate surface area is 120 Å². The van der Waals surface area contributed by atoms with Crippen molar-refractivity contribution < 1.29 is 14.3 Å². The van der Waals surface area contributed by atoms with Gasteiger partial charge in [0.25, 0.3) is 0 Å². The van der Waals surface area contributed by atoms with Crippen LogP contribution in [-0.2, 0) is 4.74 Å². The van der Waals surface area contributed by atoms with E-state index in [-0.39, 0.29) is 11.6 Å². The zero-order chi connectivity index (χ0) is 14.7. The van der Waals surface area contributed by atoms with E-state index in [0.29, 0.717) is 5.75 Å². The van der Waals surface area contributed by atoms with E-state index in [4.69, 9.17) is 4.74 Å². The topological polar surface area (TPSA) is 74.2 Å². The maximum Gasteiger partial charge on any atom is 0.358 e. The van der Waals surface area contributed by atoms with Crippen molar-refractivity contribution in [1.82, 2.24) is 15.0 Å². The van der Waals surface area contributed by atoms with Crippen LogP contribution in [-0.4, -0.2) is 28.0 Å². The molecule has 3 rings (SSSR count). The van der Waals surface area contributed by atoms with Crippen LogP contribution in [0.3, 0.4) is 0 Å². The normalized spacial score (nSPS) is 10.3. The molecule has 104 valence electrons. The van der Waals surface area contributed by atoms with Crippen LogP contribution in [0.2, 0.25) is 0 Å².